The molecule has 2 aromatic heterocycles. The average Bonchev–Trinajstić information content (AvgIpc) is 3.30. The molecule has 0 radical (unpaired) electrons. The summed E-state index contributed by atoms with van der Waals surface area (Å²) in [7, 11) is -4.47. The number of carboxylic acids is 1. The molecule has 1 aliphatic heterocycles. The van der Waals surface area contributed by atoms with Gasteiger partial charge in [0.05, 0.1) is 34.4 Å². The summed E-state index contributed by atoms with van der Waals surface area (Å²) in [5.41, 5.74) is 1.15. The number of nitrogens with zero attached hydrogens (tertiary/aromatic N) is 3. The van der Waals surface area contributed by atoms with Gasteiger partial charge in [-0.1, -0.05) is 18.2 Å². The number of hydrogen-bond donors (Lipinski definition) is 1. The van der Waals surface area contributed by atoms with Crippen LogP contribution in [0.4, 0.5) is 18.9 Å². The van der Waals surface area contributed by atoms with Crippen molar-refractivity contribution in [1.82, 2.24) is 9.61 Å². The van der Waals surface area contributed by atoms with Gasteiger partial charge in [-0.2, -0.15) is 18.3 Å². The fourth-order valence-corrected chi connectivity index (χ4v) is 5.80. The van der Waals surface area contributed by atoms with Crippen LogP contribution in [0.3, 0.4) is 0 Å². The van der Waals surface area contributed by atoms with Crippen molar-refractivity contribution in [3.8, 4) is 16.9 Å². The predicted octanol–water partition coefficient (Wildman–Crippen LogP) is 4.84. The molecule has 0 saturated carbocycles. The van der Waals surface area contributed by atoms with Crippen LogP contribution in [-0.2, 0) is 21.0 Å². The third-order valence-corrected chi connectivity index (χ3v) is 7.83. The van der Waals surface area contributed by atoms with Crippen LogP contribution in [0.5, 0.6) is 5.75 Å². The van der Waals surface area contributed by atoms with Crippen molar-refractivity contribution < 1.29 is 36.2 Å². The van der Waals surface area contributed by atoms with E-state index in [1.807, 2.05) is 18.2 Å². The van der Waals surface area contributed by atoms with Crippen molar-refractivity contribution in [3.05, 3.63) is 78.6 Å². The molecule has 0 aliphatic carbocycles. The number of aromatic nitrogens is 2. The fraction of sp³-hybridized carbons (Fsp3) is 0.200. The highest BCUT2D eigenvalue weighted by molar-refractivity contribution is 7.92. The van der Waals surface area contributed by atoms with Gasteiger partial charge in [-0.05, 0) is 54.4 Å². The molecular formula is C25H20F3N3O5S. The van der Waals surface area contributed by atoms with Crippen molar-refractivity contribution in [2.24, 2.45) is 0 Å². The third-order valence-electron chi connectivity index (χ3n) is 6.06. The summed E-state index contributed by atoms with van der Waals surface area (Å²) in [5.74, 6) is -0.900. The molecule has 1 aliphatic rings. The van der Waals surface area contributed by atoms with Crippen LogP contribution < -0.4 is 9.04 Å². The molecule has 0 amide bonds. The van der Waals surface area contributed by atoms with E-state index in [2.05, 4.69) is 5.10 Å². The van der Waals surface area contributed by atoms with Gasteiger partial charge in [-0.3, -0.25) is 9.10 Å². The van der Waals surface area contributed by atoms with E-state index in [0.717, 1.165) is 28.0 Å². The number of halogens is 3. The van der Waals surface area contributed by atoms with Gasteiger partial charge in [0.25, 0.3) is 10.0 Å². The third kappa shape index (κ3) is 4.71. The van der Waals surface area contributed by atoms with Gasteiger partial charge in [0.15, 0.2) is 0 Å². The first-order chi connectivity index (χ1) is 17.5. The SMILES string of the molecule is O=C(O)CCC1CN(S(=O)(=O)c2cccc(C(F)(F)F)c2)c2cc(-c3cnn4ccccc34)ccc2O1. The van der Waals surface area contributed by atoms with Crippen molar-refractivity contribution in [2.45, 2.75) is 30.0 Å². The molecule has 1 unspecified atom stereocenters. The lowest BCUT2D eigenvalue weighted by molar-refractivity contribution is -0.138. The first-order valence-electron chi connectivity index (χ1n) is 11.2. The first kappa shape index (κ1) is 24.6. The van der Waals surface area contributed by atoms with Crippen LogP contribution >= 0.6 is 0 Å². The van der Waals surface area contributed by atoms with E-state index in [0.29, 0.717) is 17.2 Å². The van der Waals surface area contributed by atoms with Crippen LogP contribution in [0, 0.1) is 0 Å². The zero-order chi connectivity index (χ0) is 26.4. The maximum Gasteiger partial charge on any atom is 0.416 e. The molecule has 0 spiro atoms. The standard InChI is InChI=1S/C25H20F3N3O5S/c26-25(27,28)17-4-3-5-19(13-17)37(34,35)31-15-18(8-10-24(32)33)36-23-9-7-16(12-22(23)31)20-14-29-30-11-2-1-6-21(20)30/h1-7,9,11-14,18H,8,10,15H2,(H,32,33). The van der Waals surface area contributed by atoms with Gasteiger partial charge < -0.3 is 9.84 Å². The number of benzene rings is 2. The molecule has 12 heteroatoms. The molecule has 0 bridgehead atoms. The summed E-state index contributed by atoms with van der Waals surface area (Å²) < 4.78 is 75.9. The van der Waals surface area contributed by atoms with Crippen LogP contribution in [0.15, 0.2) is 78.0 Å². The quantitative estimate of drug-likeness (QED) is 0.382. The van der Waals surface area contributed by atoms with Crippen molar-refractivity contribution in [1.29, 1.82) is 0 Å². The number of carboxylic acid groups (broad SMARTS) is 1. The second-order valence-corrected chi connectivity index (χ2v) is 10.4. The molecule has 1 atom stereocenters. The lowest BCUT2D eigenvalue weighted by Crippen LogP contribution is -2.43. The molecule has 8 nitrogen and oxygen atoms in total. The van der Waals surface area contributed by atoms with Crippen molar-refractivity contribution in [3.63, 3.8) is 0 Å². The number of anilines is 1. The van der Waals surface area contributed by atoms with Crippen LogP contribution in [0.2, 0.25) is 0 Å². The molecular weight excluding hydrogens is 511 g/mol. The normalized spacial score (nSPS) is 15.9. The maximum atomic E-state index is 13.7. The van der Waals surface area contributed by atoms with E-state index < -0.39 is 38.7 Å². The summed E-state index contributed by atoms with van der Waals surface area (Å²) in [6, 6.07) is 13.9. The summed E-state index contributed by atoms with van der Waals surface area (Å²) >= 11 is 0. The Morgan fingerprint density at radius 3 is 2.68 bits per heavy atom. The lowest BCUT2D eigenvalue weighted by Gasteiger charge is -2.35. The zero-order valence-electron chi connectivity index (χ0n) is 19.1. The van der Waals surface area contributed by atoms with Crippen LogP contribution in [0.25, 0.3) is 16.6 Å². The second kappa shape index (κ2) is 9.11. The highest BCUT2D eigenvalue weighted by atomic mass is 32.2. The number of ether oxygens (including phenoxy) is 1. The second-order valence-electron chi connectivity index (χ2n) is 8.51. The summed E-state index contributed by atoms with van der Waals surface area (Å²) in [6.45, 7) is -0.267. The van der Waals surface area contributed by atoms with E-state index >= 15 is 0 Å². The molecule has 0 fully saturated rings. The topological polar surface area (TPSA) is 101 Å². The maximum absolute atomic E-state index is 13.7. The van der Waals surface area contributed by atoms with E-state index in [1.54, 1.807) is 35.1 Å². The van der Waals surface area contributed by atoms with Gasteiger partial charge in [0.1, 0.15) is 11.9 Å². The largest absolute Gasteiger partial charge is 0.486 e. The predicted molar refractivity (Wildman–Crippen MR) is 128 cm³/mol. The molecule has 2 aromatic carbocycles. The van der Waals surface area contributed by atoms with E-state index in [-0.39, 0.29) is 30.8 Å². The molecule has 0 saturated heterocycles. The number of fused-ring (bicyclic) bond motifs is 2. The molecule has 1 N–H and O–H groups in total. The van der Waals surface area contributed by atoms with Gasteiger partial charge in [-0.15, -0.1) is 0 Å². The monoisotopic (exact) mass is 531 g/mol. The van der Waals surface area contributed by atoms with E-state index in [4.69, 9.17) is 9.84 Å². The number of rotatable bonds is 6. The Balaban J connectivity index is 1.62. The van der Waals surface area contributed by atoms with Gasteiger partial charge >= 0.3 is 12.1 Å². The fourth-order valence-electron chi connectivity index (χ4n) is 4.26. The minimum atomic E-state index is -4.73. The number of hydrogen-bond acceptors (Lipinski definition) is 5. The molecule has 4 aromatic rings. The van der Waals surface area contributed by atoms with Crippen LogP contribution in [-0.4, -0.2) is 41.8 Å². The lowest BCUT2D eigenvalue weighted by atomic mass is 10.0. The van der Waals surface area contributed by atoms with Crippen molar-refractivity contribution in [2.75, 3.05) is 10.8 Å². The highest BCUT2D eigenvalue weighted by Gasteiger charge is 2.37. The van der Waals surface area contributed by atoms with Crippen molar-refractivity contribution >= 4 is 27.2 Å². The Morgan fingerprint density at radius 1 is 1.11 bits per heavy atom. The van der Waals surface area contributed by atoms with Gasteiger partial charge in [0, 0.05) is 18.2 Å². The molecule has 192 valence electrons. The summed E-state index contributed by atoms with van der Waals surface area (Å²) in [4.78, 5) is 10.6. The van der Waals surface area contributed by atoms with E-state index in [9.17, 15) is 26.4 Å². The Hall–Kier alpha value is -4.06. The van der Waals surface area contributed by atoms with Gasteiger partial charge in [0.2, 0.25) is 0 Å². The molecule has 3 heterocycles. The highest BCUT2D eigenvalue weighted by Crippen LogP contribution is 2.41. The molecule has 5 rings (SSSR count). The van der Waals surface area contributed by atoms with Gasteiger partial charge in [-0.25, -0.2) is 12.9 Å². The van der Waals surface area contributed by atoms with E-state index in [1.165, 1.54) is 0 Å². The smallest absolute Gasteiger partial charge is 0.416 e. The number of aliphatic carboxylic acids is 1. The summed E-state index contributed by atoms with van der Waals surface area (Å²) in [6.07, 6.45) is -2.40. The Bertz CT molecular complexity index is 1600. The Kier molecular flexibility index (Phi) is 6.06. The molecule has 37 heavy (non-hydrogen) atoms. The minimum Gasteiger partial charge on any atom is -0.486 e. The zero-order valence-corrected chi connectivity index (χ0v) is 19.9. The number of sulfonamides is 1. The number of pyridine rings is 1. The first-order valence-corrected chi connectivity index (χ1v) is 12.6. The summed E-state index contributed by atoms with van der Waals surface area (Å²) in [5, 5.41) is 13.4. The Labute approximate surface area is 209 Å². The van der Waals surface area contributed by atoms with Crippen LogP contribution in [0.1, 0.15) is 18.4 Å². The minimum absolute atomic E-state index is 0.0131. The Morgan fingerprint density at radius 2 is 1.92 bits per heavy atom. The average molecular weight is 532 g/mol. The number of alkyl halides is 3. The number of carbonyl (C=O) groups is 1.